The molecule has 0 aromatic carbocycles. The molecule has 1 heterocycles. The number of hydrogen-bond acceptors (Lipinski definition) is 3. The van der Waals surface area contributed by atoms with E-state index in [0.717, 1.165) is 12.4 Å². The molecule has 2 N–H and O–H groups in total. The van der Waals surface area contributed by atoms with Crippen molar-refractivity contribution in [1.29, 1.82) is 0 Å². The molecule has 1 aromatic rings. The predicted molar refractivity (Wildman–Crippen MR) is 49.0 cm³/mol. The summed E-state index contributed by atoms with van der Waals surface area (Å²) in [5.41, 5.74) is 0. The summed E-state index contributed by atoms with van der Waals surface area (Å²) in [7, 11) is 0. The van der Waals surface area contributed by atoms with E-state index in [1.165, 1.54) is 19.2 Å². The summed E-state index contributed by atoms with van der Waals surface area (Å²) in [6.45, 7) is 4.36. The number of nitrogens with one attached hydrogen (secondary N) is 2. The van der Waals surface area contributed by atoms with Crippen LogP contribution in [0, 0.1) is 0 Å². The zero-order valence-electron chi connectivity index (χ0n) is 7.67. The van der Waals surface area contributed by atoms with Crippen LogP contribution in [-0.4, -0.2) is 21.2 Å². The van der Waals surface area contributed by atoms with Crippen molar-refractivity contribution in [1.82, 2.24) is 15.2 Å². The van der Waals surface area contributed by atoms with Crippen LogP contribution in [0.25, 0.3) is 0 Å². The first kappa shape index (κ1) is 9.03. The molecule has 12 heavy (non-hydrogen) atoms. The predicted octanol–water partition coefficient (Wildman–Crippen LogP) is 1.80. The average molecular weight is 168 g/mol. The topological polar surface area (TPSA) is 53.6 Å². The molecule has 4 heteroatoms. The Morgan fingerprint density at radius 2 is 2.42 bits per heavy atom. The molecule has 0 saturated carbocycles. The normalized spacial score (nSPS) is 12.8. The van der Waals surface area contributed by atoms with Gasteiger partial charge in [0.2, 0.25) is 5.95 Å². The molecular formula is C8H16N4. The van der Waals surface area contributed by atoms with Crippen LogP contribution in [0.5, 0.6) is 0 Å². The Kier molecular flexibility index (Phi) is 3.57. The third kappa shape index (κ3) is 2.53. The van der Waals surface area contributed by atoms with Crippen LogP contribution in [0.3, 0.4) is 0 Å². The van der Waals surface area contributed by atoms with Crippen LogP contribution in [0.15, 0.2) is 6.33 Å². The van der Waals surface area contributed by atoms with Crippen LogP contribution in [0.2, 0.25) is 0 Å². The number of anilines is 1. The van der Waals surface area contributed by atoms with Crippen molar-refractivity contribution in [2.75, 3.05) is 5.32 Å². The molecule has 0 bridgehead atoms. The standard InChI is InChI=1S/C8H16N4/c1-3-5-7(4-2)11-8-9-6-10-12-8/h6-7H,3-5H2,1-2H3,(H2,9,10,11,12). The molecule has 0 aliphatic carbocycles. The van der Waals surface area contributed by atoms with Crippen LogP contribution in [0.1, 0.15) is 33.1 Å². The van der Waals surface area contributed by atoms with Gasteiger partial charge in [0.15, 0.2) is 0 Å². The molecule has 0 fully saturated rings. The smallest absolute Gasteiger partial charge is 0.218 e. The van der Waals surface area contributed by atoms with E-state index in [9.17, 15) is 0 Å². The zero-order chi connectivity index (χ0) is 8.81. The van der Waals surface area contributed by atoms with E-state index in [-0.39, 0.29) is 0 Å². The van der Waals surface area contributed by atoms with Crippen molar-refractivity contribution >= 4 is 5.95 Å². The second-order valence-corrected chi connectivity index (χ2v) is 2.87. The summed E-state index contributed by atoms with van der Waals surface area (Å²) in [5, 5.41) is 9.84. The summed E-state index contributed by atoms with van der Waals surface area (Å²) in [4.78, 5) is 4.01. The van der Waals surface area contributed by atoms with Crippen molar-refractivity contribution in [3.63, 3.8) is 0 Å². The number of H-pyrrole nitrogens is 1. The highest BCUT2D eigenvalue weighted by Gasteiger charge is 2.05. The zero-order valence-corrected chi connectivity index (χ0v) is 7.67. The Labute approximate surface area is 72.8 Å². The van der Waals surface area contributed by atoms with Crippen molar-refractivity contribution in [2.24, 2.45) is 0 Å². The van der Waals surface area contributed by atoms with Gasteiger partial charge in [-0.25, -0.2) is 10.1 Å². The Morgan fingerprint density at radius 3 is 2.92 bits per heavy atom. The minimum atomic E-state index is 0.517. The van der Waals surface area contributed by atoms with E-state index in [1.807, 2.05) is 0 Å². The summed E-state index contributed by atoms with van der Waals surface area (Å²) >= 11 is 0. The average Bonchev–Trinajstić information content (AvgIpc) is 2.56. The molecule has 0 saturated heterocycles. The first-order chi connectivity index (χ1) is 5.86. The molecule has 1 aromatic heterocycles. The Balaban J connectivity index is 2.37. The Bertz CT molecular complexity index is 195. The minimum Gasteiger partial charge on any atom is -0.352 e. The lowest BCUT2D eigenvalue weighted by molar-refractivity contribution is 0.618. The number of aromatic nitrogens is 3. The number of aromatic amines is 1. The van der Waals surface area contributed by atoms with E-state index < -0.39 is 0 Å². The summed E-state index contributed by atoms with van der Waals surface area (Å²) in [6.07, 6.45) is 5.01. The fourth-order valence-electron chi connectivity index (χ4n) is 1.20. The van der Waals surface area contributed by atoms with E-state index in [0.29, 0.717) is 6.04 Å². The quantitative estimate of drug-likeness (QED) is 0.704. The van der Waals surface area contributed by atoms with Crippen LogP contribution < -0.4 is 5.32 Å². The lowest BCUT2D eigenvalue weighted by Crippen LogP contribution is -2.18. The Morgan fingerprint density at radius 1 is 1.58 bits per heavy atom. The molecule has 68 valence electrons. The molecule has 0 amide bonds. The van der Waals surface area contributed by atoms with Gasteiger partial charge in [0.25, 0.3) is 0 Å². The second kappa shape index (κ2) is 4.74. The molecule has 1 unspecified atom stereocenters. The summed E-state index contributed by atoms with van der Waals surface area (Å²) < 4.78 is 0. The van der Waals surface area contributed by atoms with Gasteiger partial charge < -0.3 is 5.32 Å². The van der Waals surface area contributed by atoms with Gasteiger partial charge in [0.1, 0.15) is 6.33 Å². The van der Waals surface area contributed by atoms with Gasteiger partial charge in [-0.05, 0) is 12.8 Å². The van der Waals surface area contributed by atoms with Crippen LogP contribution in [-0.2, 0) is 0 Å². The van der Waals surface area contributed by atoms with Crippen LogP contribution >= 0.6 is 0 Å². The first-order valence-corrected chi connectivity index (χ1v) is 4.48. The highest BCUT2D eigenvalue weighted by molar-refractivity contribution is 5.22. The SMILES string of the molecule is CCCC(CC)Nc1ncn[nH]1. The fourth-order valence-corrected chi connectivity index (χ4v) is 1.20. The Hall–Kier alpha value is -1.06. The maximum absolute atomic E-state index is 4.01. The maximum Gasteiger partial charge on any atom is 0.218 e. The fraction of sp³-hybridized carbons (Fsp3) is 0.750. The van der Waals surface area contributed by atoms with E-state index in [2.05, 4.69) is 34.3 Å². The monoisotopic (exact) mass is 168 g/mol. The summed E-state index contributed by atoms with van der Waals surface area (Å²) in [6, 6.07) is 0.517. The lowest BCUT2D eigenvalue weighted by atomic mass is 10.1. The molecular weight excluding hydrogens is 152 g/mol. The second-order valence-electron chi connectivity index (χ2n) is 2.87. The molecule has 0 aliphatic rings. The number of hydrogen-bond donors (Lipinski definition) is 2. The van der Waals surface area contributed by atoms with Crippen LogP contribution in [0.4, 0.5) is 5.95 Å². The van der Waals surface area contributed by atoms with Gasteiger partial charge >= 0.3 is 0 Å². The third-order valence-electron chi connectivity index (χ3n) is 1.89. The van der Waals surface area contributed by atoms with Gasteiger partial charge in [-0.1, -0.05) is 20.3 Å². The molecule has 0 spiro atoms. The third-order valence-corrected chi connectivity index (χ3v) is 1.89. The highest BCUT2D eigenvalue weighted by Crippen LogP contribution is 2.06. The minimum absolute atomic E-state index is 0.517. The maximum atomic E-state index is 4.01. The number of rotatable bonds is 5. The van der Waals surface area contributed by atoms with E-state index in [1.54, 1.807) is 0 Å². The van der Waals surface area contributed by atoms with Crippen molar-refractivity contribution in [3.8, 4) is 0 Å². The molecule has 1 atom stereocenters. The van der Waals surface area contributed by atoms with Gasteiger partial charge in [-0.15, -0.1) is 0 Å². The molecule has 0 aliphatic heterocycles. The molecule has 1 rings (SSSR count). The largest absolute Gasteiger partial charge is 0.352 e. The van der Waals surface area contributed by atoms with Gasteiger partial charge in [0, 0.05) is 6.04 Å². The van der Waals surface area contributed by atoms with Crippen molar-refractivity contribution in [2.45, 2.75) is 39.2 Å². The van der Waals surface area contributed by atoms with Crippen molar-refractivity contribution < 1.29 is 0 Å². The van der Waals surface area contributed by atoms with E-state index in [4.69, 9.17) is 0 Å². The van der Waals surface area contributed by atoms with Gasteiger partial charge in [-0.2, -0.15) is 5.10 Å². The van der Waals surface area contributed by atoms with Crippen molar-refractivity contribution in [3.05, 3.63) is 6.33 Å². The first-order valence-electron chi connectivity index (χ1n) is 4.48. The molecule has 0 radical (unpaired) electrons. The van der Waals surface area contributed by atoms with Gasteiger partial charge in [0.05, 0.1) is 0 Å². The van der Waals surface area contributed by atoms with E-state index >= 15 is 0 Å². The number of nitrogens with zero attached hydrogens (tertiary/aromatic N) is 2. The highest BCUT2D eigenvalue weighted by atomic mass is 15.3. The summed E-state index contributed by atoms with van der Waals surface area (Å²) in [5.74, 6) is 0.773. The molecule has 4 nitrogen and oxygen atoms in total. The van der Waals surface area contributed by atoms with Gasteiger partial charge in [-0.3, -0.25) is 0 Å². The lowest BCUT2D eigenvalue weighted by Gasteiger charge is -2.14.